The van der Waals surface area contributed by atoms with Gasteiger partial charge >= 0.3 is 23.9 Å². The lowest BCUT2D eigenvalue weighted by Crippen LogP contribution is -2.15. The van der Waals surface area contributed by atoms with Crippen molar-refractivity contribution in [3.8, 4) is 0 Å². The number of carboxylic acids is 2. The van der Waals surface area contributed by atoms with Crippen molar-refractivity contribution in [3.63, 3.8) is 0 Å². The third kappa shape index (κ3) is 6.00. The molecule has 0 unspecified atom stereocenters. The van der Waals surface area contributed by atoms with Crippen LogP contribution in [0.5, 0.6) is 0 Å². The van der Waals surface area contributed by atoms with Crippen molar-refractivity contribution in [2.75, 3.05) is 19.5 Å². The van der Waals surface area contributed by atoms with Crippen molar-refractivity contribution < 1.29 is 48.8 Å². The molecule has 13 heteroatoms. The summed E-state index contributed by atoms with van der Waals surface area (Å²) in [6.07, 6.45) is 0.278. The Morgan fingerprint density at radius 3 is 1.94 bits per heavy atom. The summed E-state index contributed by atoms with van der Waals surface area (Å²) in [7, 11) is 2.25. The number of esters is 2. The van der Waals surface area contributed by atoms with Gasteiger partial charge < -0.3 is 30.1 Å². The van der Waals surface area contributed by atoms with Gasteiger partial charge in [0.05, 0.1) is 36.5 Å². The molecule has 4 N–H and O–H groups in total. The number of benzene rings is 2. The molecule has 0 radical (unpaired) electrons. The number of aliphatic hydroxyl groups is 1. The number of hydrogen-bond acceptors (Lipinski definition) is 10. The zero-order valence-corrected chi connectivity index (χ0v) is 17.6. The molecule has 2 aromatic rings. The molecule has 34 heavy (non-hydrogen) atoms. The van der Waals surface area contributed by atoms with Crippen LogP contribution < -0.4 is 5.32 Å². The molecule has 2 rings (SSSR count). The molecule has 0 aliphatic heterocycles. The highest BCUT2D eigenvalue weighted by Gasteiger charge is 2.18. The SMILES string of the molecule is COC(=O)c1ccc(C(=O)OC)c(N=NC(=CO)C(=O)Nc2cc(C(=O)O)cc(C(=O)O)c2)c1. The highest BCUT2D eigenvalue weighted by Crippen LogP contribution is 2.24. The summed E-state index contributed by atoms with van der Waals surface area (Å²) < 4.78 is 9.22. The van der Waals surface area contributed by atoms with Crippen LogP contribution in [0.1, 0.15) is 41.4 Å². The molecule has 13 nitrogen and oxygen atoms in total. The number of ether oxygens (including phenoxy) is 2. The number of nitrogens with one attached hydrogen (secondary N) is 1. The summed E-state index contributed by atoms with van der Waals surface area (Å²) in [5.74, 6) is -5.52. The minimum Gasteiger partial charge on any atom is -0.513 e. The van der Waals surface area contributed by atoms with Gasteiger partial charge in [0.25, 0.3) is 5.91 Å². The number of azo groups is 1. The largest absolute Gasteiger partial charge is 0.513 e. The average molecular weight is 471 g/mol. The Balaban J connectivity index is 2.38. The average Bonchev–Trinajstić information content (AvgIpc) is 2.82. The third-order valence-electron chi connectivity index (χ3n) is 4.13. The van der Waals surface area contributed by atoms with Gasteiger partial charge in [0.1, 0.15) is 11.9 Å². The number of anilines is 1. The summed E-state index contributed by atoms with van der Waals surface area (Å²) in [6.45, 7) is 0. The Kier molecular flexibility index (Phi) is 8.14. The Morgan fingerprint density at radius 1 is 0.853 bits per heavy atom. The molecule has 0 bridgehead atoms. The molecule has 1 amide bonds. The molecule has 0 saturated heterocycles. The standard InChI is InChI=1S/C21H17N3O10/c1-33-20(31)10-3-4-14(21(32)34-2)15(8-10)23-24-16(9-25)17(26)22-13-6-11(18(27)28)5-12(7-13)19(29)30/h3-9,25H,1-2H3,(H,22,26)(H,27,28)(H,29,30). The van der Waals surface area contributed by atoms with Gasteiger partial charge in [-0.2, -0.15) is 0 Å². The highest BCUT2D eigenvalue weighted by atomic mass is 16.5. The molecule has 0 saturated carbocycles. The van der Waals surface area contributed by atoms with E-state index in [-0.39, 0.29) is 28.8 Å². The van der Waals surface area contributed by atoms with Gasteiger partial charge in [-0.3, -0.25) is 4.79 Å². The van der Waals surface area contributed by atoms with Crippen molar-refractivity contribution in [1.82, 2.24) is 0 Å². The summed E-state index contributed by atoms with van der Waals surface area (Å²) in [5.41, 5.74) is -2.02. The Hall–Kier alpha value is -5.07. The van der Waals surface area contributed by atoms with Crippen molar-refractivity contribution >= 4 is 41.2 Å². The van der Waals surface area contributed by atoms with Crippen molar-refractivity contribution in [2.24, 2.45) is 10.2 Å². The molecule has 0 aliphatic carbocycles. The summed E-state index contributed by atoms with van der Waals surface area (Å²) in [4.78, 5) is 58.6. The summed E-state index contributed by atoms with van der Waals surface area (Å²) in [5, 5.41) is 37.1. The van der Waals surface area contributed by atoms with Gasteiger partial charge in [-0.1, -0.05) is 0 Å². The number of aliphatic hydroxyl groups excluding tert-OH is 1. The van der Waals surface area contributed by atoms with E-state index in [1.807, 2.05) is 0 Å². The highest BCUT2D eigenvalue weighted by molar-refractivity contribution is 6.05. The maximum absolute atomic E-state index is 12.5. The number of carbonyl (C=O) groups is 5. The number of carboxylic acid groups (broad SMARTS) is 2. The van der Waals surface area contributed by atoms with Crippen LogP contribution in [0.2, 0.25) is 0 Å². The van der Waals surface area contributed by atoms with E-state index in [4.69, 9.17) is 10.2 Å². The first-order chi connectivity index (χ1) is 16.1. The van der Waals surface area contributed by atoms with Gasteiger partial charge in [0.2, 0.25) is 0 Å². The van der Waals surface area contributed by atoms with Crippen LogP contribution in [-0.2, 0) is 14.3 Å². The maximum Gasteiger partial charge on any atom is 0.340 e. The fourth-order valence-corrected chi connectivity index (χ4v) is 2.52. The quantitative estimate of drug-likeness (QED) is 0.192. The topological polar surface area (TPSA) is 201 Å². The van der Waals surface area contributed by atoms with Crippen LogP contribution in [0.15, 0.2) is 58.6 Å². The van der Waals surface area contributed by atoms with Gasteiger partial charge in [0, 0.05) is 5.69 Å². The molecule has 0 heterocycles. The van der Waals surface area contributed by atoms with Crippen molar-refractivity contribution in [3.05, 3.63) is 70.6 Å². The fourth-order valence-electron chi connectivity index (χ4n) is 2.52. The molecule has 0 aliphatic rings. The normalized spacial score (nSPS) is 11.1. The Labute approximate surface area is 190 Å². The number of methoxy groups -OCH3 is 2. The number of aromatic carboxylic acids is 2. The van der Waals surface area contributed by atoms with Gasteiger partial charge in [-0.05, 0) is 36.4 Å². The second-order valence-electron chi connectivity index (χ2n) is 6.29. The van der Waals surface area contributed by atoms with E-state index in [0.717, 1.165) is 38.5 Å². The molecule has 0 aromatic heterocycles. The molecule has 0 fully saturated rings. The summed E-state index contributed by atoms with van der Waals surface area (Å²) in [6, 6.07) is 6.53. The summed E-state index contributed by atoms with van der Waals surface area (Å²) >= 11 is 0. The van der Waals surface area contributed by atoms with Crippen LogP contribution in [0.3, 0.4) is 0 Å². The second kappa shape index (κ2) is 11.0. The lowest BCUT2D eigenvalue weighted by atomic mass is 10.1. The van der Waals surface area contributed by atoms with E-state index >= 15 is 0 Å². The van der Waals surface area contributed by atoms with Gasteiger partial charge in [0.15, 0.2) is 5.70 Å². The predicted molar refractivity (Wildman–Crippen MR) is 113 cm³/mol. The first kappa shape index (κ1) is 25.2. The zero-order chi connectivity index (χ0) is 25.4. The minimum atomic E-state index is -1.43. The molecular weight excluding hydrogens is 454 g/mol. The van der Waals surface area contributed by atoms with Crippen LogP contribution in [0, 0.1) is 0 Å². The number of amides is 1. The first-order valence-corrected chi connectivity index (χ1v) is 9.11. The van der Waals surface area contributed by atoms with E-state index < -0.39 is 46.6 Å². The van der Waals surface area contributed by atoms with Crippen molar-refractivity contribution in [2.45, 2.75) is 0 Å². The molecule has 0 atom stereocenters. The van der Waals surface area contributed by atoms with Gasteiger partial charge in [-0.15, -0.1) is 10.2 Å². The smallest absolute Gasteiger partial charge is 0.340 e. The third-order valence-corrected chi connectivity index (χ3v) is 4.13. The zero-order valence-electron chi connectivity index (χ0n) is 17.6. The monoisotopic (exact) mass is 471 g/mol. The predicted octanol–water partition coefficient (Wildman–Crippen LogP) is 2.78. The van der Waals surface area contributed by atoms with Crippen LogP contribution in [0.25, 0.3) is 0 Å². The van der Waals surface area contributed by atoms with Crippen LogP contribution in [0.4, 0.5) is 11.4 Å². The fraction of sp³-hybridized carbons (Fsp3) is 0.0952. The molecular formula is C21H17N3O10. The maximum atomic E-state index is 12.5. The number of carbonyl (C=O) groups excluding carboxylic acids is 3. The molecule has 2 aromatic carbocycles. The van der Waals surface area contributed by atoms with Crippen molar-refractivity contribution in [1.29, 1.82) is 0 Å². The van der Waals surface area contributed by atoms with Crippen LogP contribution in [-0.4, -0.2) is 59.3 Å². The van der Waals surface area contributed by atoms with Gasteiger partial charge in [-0.25, -0.2) is 19.2 Å². The van der Waals surface area contributed by atoms with Crippen LogP contribution >= 0.6 is 0 Å². The Bertz CT molecular complexity index is 1200. The van der Waals surface area contributed by atoms with E-state index in [1.54, 1.807) is 0 Å². The number of hydrogen-bond donors (Lipinski definition) is 4. The van der Waals surface area contributed by atoms with E-state index in [1.165, 1.54) is 12.1 Å². The molecule has 176 valence electrons. The first-order valence-electron chi connectivity index (χ1n) is 9.11. The minimum absolute atomic E-state index is 0.00904. The molecule has 0 spiro atoms. The van der Waals surface area contributed by atoms with E-state index in [9.17, 15) is 29.1 Å². The number of rotatable bonds is 8. The lowest BCUT2D eigenvalue weighted by molar-refractivity contribution is -0.113. The van der Waals surface area contributed by atoms with E-state index in [0.29, 0.717) is 0 Å². The Morgan fingerprint density at radius 2 is 1.44 bits per heavy atom. The lowest BCUT2D eigenvalue weighted by Gasteiger charge is -2.08. The second-order valence-corrected chi connectivity index (χ2v) is 6.29. The van der Waals surface area contributed by atoms with E-state index in [2.05, 4.69) is 25.0 Å². The number of nitrogens with zero attached hydrogens (tertiary/aromatic N) is 2.